The molecule has 112 valence electrons. The summed E-state index contributed by atoms with van der Waals surface area (Å²) in [5, 5.41) is 1.42. The monoisotopic (exact) mass is 315 g/mol. The molecular weight excluding hydrogens is 293 g/mol. The van der Waals surface area contributed by atoms with E-state index in [-0.39, 0.29) is 6.04 Å². The number of halogens is 2. The van der Waals surface area contributed by atoms with Crippen LogP contribution in [-0.4, -0.2) is 49.6 Å². The highest BCUT2D eigenvalue weighted by molar-refractivity contribution is 6.36. The van der Waals surface area contributed by atoms with Crippen molar-refractivity contribution >= 4 is 23.2 Å². The van der Waals surface area contributed by atoms with Crippen LogP contribution in [0, 0.1) is 0 Å². The number of benzene rings is 1. The van der Waals surface area contributed by atoms with E-state index in [1.54, 1.807) is 0 Å². The molecule has 1 aromatic carbocycles. The van der Waals surface area contributed by atoms with Crippen LogP contribution in [0.2, 0.25) is 10.0 Å². The fourth-order valence-electron chi connectivity index (χ4n) is 2.99. The van der Waals surface area contributed by atoms with Gasteiger partial charge in [-0.3, -0.25) is 4.90 Å². The predicted octanol–water partition coefficient (Wildman–Crippen LogP) is 3.02. The van der Waals surface area contributed by atoms with Gasteiger partial charge in [0.25, 0.3) is 0 Å². The van der Waals surface area contributed by atoms with Crippen LogP contribution in [0.5, 0.6) is 0 Å². The Hall–Kier alpha value is -0.320. The van der Waals surface area contributed by atoms with Crippen LogP contribution in [-0.2, 0) is 0 Å². The van der Waals surface area contributed by atoms with Crippen LogP contribution < -0.4 is 5.73 Å². The molecule has 5 heteroatoms. The highest BCUT2D eigenvalue weighted by atomic mass is 35.5. The minimum atomic E-state index is 0.110. The van der Waals surface area contributed by atoms with Gasteiger partial charge < -0.3 is 10.6 Å². The van der Waals surface area contributed by atoms with Gasteiger partial charge in [0.15, 0.2) is 0 Å². The molecule has 2 N–H and O–H groups in total. The second-order valence-corrected chi connectivity index (χ2v) is 6.43. The number of hydrogen-bond acceptors (Lipinski definition) is 3. The third-order valence-electron chi connectivity index (χ3n) is 4.23. The molecule has 0 aliphatic carbocycles. The van der Waals surface area contributed by atoms with E-state index in [1.807, 2.05) is 18.2 Å². The number of piperidine rings is 1. The standard InChI is InChI=1S/C15H23Cl2N3/c1-19(2)11-6-8-20(9-7-11)14(10-18)15-12(16)4-3-5-13(15)17/h3-5,11,14H,6-10,18H2,1-2H3. The van der Waals surface area contributed by atoms with E-state index in [4.69, 9.17) is 28.9 Å². The molecule has 0 saturated carbocycles. The predicted molar refractivity (Wildman–Crippen MR) is 86.5 cm³/mol. The lowest BCUT2D eigenvalue weighted by molar-refractivity contribution is 0.111. The average Bonchev–Trinajstić information content (AvgIpc) is 2.43. The first-order valence-corrected chi connectivity index (χ1v) is 7.84. The molecule has 1 aliphatic heterocycles. The van der Waals surface area contributed by atoms with Crippen LogP contribution >= 0.6 is 23.2 Å². The largest absolute Gasteiger partial charge is 0.329 e. The number of hydrogen-bond donors (Lipinski definition) is 1. The summed E-state index contributed by atoms with van der Waals surface area (Å²) in [7, 11) is 4.29. The average molecular weight is 316 g/mol. The molecule has 0 bridgehead atoms. The second kappa shape index (κ2) is 7.10. The summed E-state index contributed by atoms with van der Waals surface area (Å²) in [6.45, 7) is 2.61. The minimum Gasteiger partial charge on any atom is -0.329 e. The van der Waals surface area contributed by atoms with Gasteiger partial charge in [0.2, 0.25) is 0 Å². The fourth-order valence-corrected chi connectivity index (χ4v) is 3.64. The van der Waals surface area contributed by atoms with E-state index >= 15 is 0 Å². The molecule has 20 heavy (non-hydrogen) atoms. The molecule has 1 aliphatic rings. The van der Waals surface area contributed by atoms with E-state index in [2.05, 4.69) is 23.9 Å². The van der Waals surface area contributed by atoms with Gasteiger partial charge in [0.05, 0.1) is 0 Å². The fraction of sp³-hybridized carbons (Fsp3) is 0.600. The van der Waals surface area contributed by atoms with Crippen molar-refractivity contribution in [1.82, 2.24) is 9.80 Å². The van der Waals surface area contributed by atoms with E-state index in [1.165, 1.54) is 0 Å². The molecular formula is C15H23Cl2N3. The number of likely N-dealkylation sites (tertiary alicyclic amines) is 1. The Bertz CT molecular complexity index is 422. The molecule has 0 aromatic heterocycles. The van der Waals surface area contributed by atoms with Crippen molar-refractivity contribution in [2.45, 2.75) is 24.9 Å². The highest BCUT2D eigenvalue weighted by Crippen LogP contribution is 2.34. The van der Waals surface area contributed by atoms with Gasteiger partial charge >= 0.3 is 0 Å². The zero-order valence-electron chi connectivity index (χ0n) is 12.1. The first-order chi connectivity index (χ1) is 9.54. The molecule has 1 heterocycles. The molecule has 2 rings (SSSR count). The summed E-state index contributed by atoms with van der Waals surface area (Å²) >= 11 is 12.7. The third-order valence-corrected chi connectivity index (χ3v) is 4.89. The molecule has 1 aromatic rings. The molecule has 0 amide bonds. The molecule has 0 radical (unpaired) electrons. The second-order valence-electron chi connectivity index (χ2n) is 5.62. The molecule has 3 nitrogen and oxygen atoms in total. The van der Waals surface area contributed by atoms with Gasteiger partial charge in [-0.05, 0) is 39.1 Å². The topological polar surface area (TPSA) is 32.5 Å². The van der Waals surface area contributed by atoms with Gasteiger partial charge in [-0.2, -0.15) is 0 Å². The summed E-state index contributed by atoms with van der Waals surface area (Å²) in [5.74, 6) is 0. The maximum Gasteiger partial charge on any atom is 0.0500 e. The quantitative estimate of drug-likeness (QED) is 0.927. The van der Waals surface area contributed by atoms with Gasteiger partial charge in [-0.15, -0.1) is 0 Å². The number of nitrogens with two attached hydrogens (primary N) is 1. The van der Waals surface area contributed by atoms with Crippen LogP contribution in [0.1, 0.15) is 24.4 Å². The van der Waals surface area contributed by atoms with Crippen LogP contribution in [0.4, 0.5) is 0 Å². The van der Waals surface area contributed by atoms with Crippen molar-refractivity contribution in [3.05, 3.63) is 33.8 Å². The third kappa shape index (κ3) is 3.46. The zero-order chi connectivity index (χ0) is 14.7. The lowest BCUT2D eigenvalue weighted by atomic mass is 9.98. The Balaban J connectivity index is 2.14. The normalized spacial score (nSPS) is 19.5. The number of rotatable bonds is 4. The lowest BCUT2D eigenvalue weighted by Gasteiger charge is -2.39. The maximum absolute atomic E-state index is 6.33. The summed E-state index contributed by atoms with van der Waals surface area (Å²) in [6, 6.07) is 6.42. The van der Waals surface area contributed by atoms with Crippen molar-refractivity contribution in [3.8, 4) is 0 Å². The van der Waals surface area contributed by atoms with Crippen molar-refractivity contribution < 1.29 is 0 Å². The summed E-state index contributed by atoms with van der Waals surface area (Å²) in [4.78, 5) is 4.71. The van der Waals surface area contributed by atoms with Gasteiger partial charge in [-0.1, -0.05) is 29.3 Å². The molecule has 0 spiro atoms. The molecule has 1 atom stereocenters. The van der Waals surface area contributed by atoms with E-state index < -0.39 is 0 Å². The summed E-state index contributed by atoms with van der Waals surface area (Å²) in [5.41, 5.74) is 6.97. The smallest absolute Gasteiger partial charge is 0.0500 e. The Morgan fingerprint density at radius 1 is 1.25 bits per heavy atom. The Morgan fingerprint density at radius 2 is 1.80 bits per heavy atom. The Kier molecular flexibility index (Phi) is 5.70. The van der Waals surface area contributed by atoms with Crippen LogP contribution in [0.25, 0.3) is 0 Å². The SMILES string of the molecule is CN(C)C1CCN(C(CN)c2c(Cl)cccc2Cl)CC1. The lowest BCUT2D eigenvalue weighted by Crippen LogP contribution is -2.45. The Morgan fingerprint density at radius 3 is 2.25 bits per heavy atom. The first-order valence-electron chi connectivity index (χ1n) is 7.09. The van der Waals surface area contributed by atoms with E-state index in [0.29, 0.717) is 22.6 Å². The highest BCUT2D eigenvalue weighted by Gasteiger charge is 2.28. The Labute approximate surface area is 131 Å². The zero-order valence-corrected chi connectivity index (χ0v) is 13.7. The number of nitrogens with zero attached hydrogens (tertiary/aromatic N) is 2. The van der Waals surface area contributed by atoms with Crippen molar-refractivity contribution in [2.75, 3.05) is 33.7 Å². The van der Waals surface area contributed by atoms with Crippen molar-refractivity contribution in [3.63, 3.8) is 0 Å². The molecule has 1 saturated heterocycles. The molecule has 1 unspecified atom stereocenters. The summed E-state index contributed by atoms with van der Waals surface area (Å²) in [6.07, 6.45) is 2.32. The van der Waals surface area contributed by atoms with Crippen LogP contribution in [0.15, 0.2) is 18.2 Å². The van der Waals surface area contributed by atoms with Crippen molar-refractivity contribution in [1.29, 1.82) is 0 Å². The van der Waals surface area contributed by atoms with Gasteiger partial charge in [0.1, 0.15) is 0 Å². The van der Waals surface area contributed by atoms with Crippen molar-refractivity contribution in [2.24, 2.45) is 5.73 Å². The van der Waals surface area contributed by atoms with Gasteiger partial charge in [-0.25, -0.2) is 0 Å². The van der Waals surface area contributed by atoms with Crippen LogP contribution in [0.3, 0.4) is 0 Å². The van der Waals surface area contributed by atoms with E-state index in [9.17, 15) is 0 Å². The maximum atomic E-state index is 6.33. The van der Waals surface area contributed by atoms with Gasteiger partial charge in [0, 0.05) is 47.3 Å². The minimum absolute atomic E-state index is 0.110. The van der Waals surface area contributed by atoms with E-state index in [0.717, 1.165) is 31.5 Å². The first kappa shape index (κ1) is 16.1. The molecule has 1 fully saturated rings. The summed E-state index contributed by atoms with van der Waals surface area (Å²) < 4.78 is 0.